The van der Waals surface area contributed by atoms with Gasteiger partial charge < -0.3 is 24.2 Å². The van der Waals surface area contributed by atoms with Crippen LogP contribution >= 0.6 is 0 Å². The molecule has 0 unspecified atom stereocenters. The lowest BCUT2D eigenvalue weighted by molar-refractivity contribution is 0.0629. The summed E-state index contributed by atoms with van der Waals surface area (Å²) in [5, 5.41) is 0. The zero-order valence-corrected chi connectivity index (χ0v) is 15.6. The minimum atomic E-state index is -0.0918. The first-order chi connectivity index (χ1) is 12.6. The van der Waals surface area contributed by atoms with Crippen molar-refractivity contribution in [3.63, 3.8) is 0 Å². The first kappa shape index (κ1) is 18.4. The Morgan fingerprint density at radius 1 is 0.808 bits per heavy atom. The molecule has 142 valence electrons. The molecule has 0 aromatic heterocycles. The molecule has 0 radical (unpaired) electrons. The zero-order chi connectivity index (χ0) is 18.5. The van der Waals surface area contributed by atoms with E-state index in [2.05, 4.69) is 0 Å². The Hall–Kier alpha value is -2.44. The summed E-state index contributed by atoms with van der Waals surface area (Å²) in [6.07, 6.45) is 3.37. The average molecular weight is 361 g/mol. The second-order valence-electron chi connectivity index (χ2n) is 6.68. The van der Waals surface area contributed by atoms with Crippen molar-refractivity contribution in [2.45, 2.75) is 19.3 Å². The van der Waals surface area contributed by atoms with Crippen molar-refractivity contribution in [2.75, 3.05) is 53.5 Å². The van der Waals surface area contributed by atoms with Crippen molar-refractivity contribution >= 4 is 11.9 Å². The maximum atomic E-state index is 12.9. The van der Waals surface area contributed by atoms with Gasteiger partial charge in [0.2, 0.25) is 0 Å². The summed E-state index contributed by atoms with van der Waals surface area (Å²) < 4.78 is 10.5. The largest absolute Gasteiger partial charge is 0.497 e. The van der Waals surface area contributed by atoms with Gasteiger partial charge in [-0.15, -0.1) is 0 Å². The summed E-state index contributed by atoms with van der Waals surface area (Å²) in [6.45, 7) is 3.87. The maximum Gasteiger partial charge on any atom is 0.320 e. The van der Waals surface area contributed by atoms with Crippen molar-refractivity contribution in [3.05, 3.63) is 23.8 Å². The molecule has 2 saturated heterocycles. The Morgan fingerprint density at radius 3 is 2.04 bits per heavy atom. The average Bonchev–Trinajstić information content (AvgIpc) is 2.73. The van der Waals surface area contributed by atoms with E-state index in [4.69, 9.17) is 9.47 Å². The number of piperidine rings is 1. The summed E-state index contributed by atoms with van der Waals surface area (Å²) in [6, 6.07) is 5.31. The van der Waals surface area contributed by atoms with Gasteiger partial charge in [0.15, 0.2) is 0 Å². The number of carbonyl (C=O) groups excluding carboxylic acids is 2. The number of carbonyl (C=O) groups is 2. The highest BCUT2D eigenvalue weighted by Crippen LogP contribution is 2.26. The van der Waals surface area contributed by atoms with Gasteiger partial charge in [0, 0.05) is 39.3 Å². The lowest BCUT2D eigenvalue weighted by atomic mass is 10.1. The van der Waals surface area contributed by atoms with Gasteiger partial charge in [0.25, 0.3) is 5.91 Å². The molecule has 7 heteroatoms. The van der Waals surface area contributed by atoms with E-state index < -0.39 is 0 Å². The number of ether oxygens (including phenoxy) is 2. The van der Waals surface area contributed by atoms with Gasteiger partial charge in [0.1, 0.15) is 11.5 Å². The number of likely N-dealkylation sites (tertiary alicyclic amines) is 1. The van der Waals surface area contributed by atoms with Crippen LogP contribution < -0.4 is 9.47 Å². The van der Waals surface area contributed by atoms with E-state index >= 15 is 0 Å². The lowest BCUT2D eigenvalue weighted by Gasteiger charge is -2.38. The number of benzene rings is 1. The fraction of sp³-hybridized carbons (Fsp3) is 0.579. The first-order valence-corrected chi connectivity index (χ1v) is 9.19. The molecular weight excluding hydrogens is 334 g/mol. The fourth-order valence-electron chi connectivity index (χ4n) is 3.54. The number of piperazine rings is 1. The molecule has 0 saturated carbocycles. The summed E-state index contributed by atoms with van der Waals surface area (Å²) in [7, 11) is 3.12. The molecule has 1 aromatic rings. The van der Waals surface area contributed by atoms with Gasteiger partial charge in [-0.3, -0.25) is 4.79 Å². The zero-order valence-electron chi connectivity index (χ0n) is 15.6. The van der Waals surface area contributed by atoms with Crippen LogP contribution in [0.15, 0.2) is 18.2 Å². The topological polar surface area (TPSA) is 62.3 Å². The third-order valence-corrected chi connectivity index (χ3v) is 5.10. The van der Waals surface area contributed by atoms with Crippen molar-refractivity contribution in [1.82, 2.24) is 14.7 Å². The number of amides is 3. The Labute approximate surface area is 154 Å². The molecule has 2 aliphatic heterocycles. The number of urea groups is 1. The van der Waals surface area contributed by atoms with Crippen LogP contribution in [-0.4, -0.2) is 80.1 Å². The van der Waals surface area contributed by atoms with Crippen molar-refractivity contribution < 1.29 is 19.1 Å². The van der Waals surface area contributed by atoms with E-state index in [9.17, 15) is 9.59 Å². The molecule has 1 aromatic carbocycles. The van der Waals surface area contributed by atoms with Crippen molar-refractivity contribution in [2.24, 2.45) is 0 Å². The molecule has 2 fully saturated rings. The molecule has 2 aliphatic rings. The Kier molecular flexibility index (Phi) is 5.85. The normalized spacial score (nSPS) is 17.8. The highest BCUT2D eigenvalue weighted by molar-refractivity contribution is 5.97. The molecule has 0 N–H and O–H groups in total. The van der Waals surface area contributed by atoms with Gasteiger partial charge in [-0.2, -0.15) is 0 Å². The standard InChI is InChI=1S/C19H27N3O4/c1-25-15-6-7-17(26-2)16(14-15)18(23)20-10-12-22(13-11-20)19(24)21-8-4-3-5-9-21/h6-7,14H,3-5,8-13H2,1-2H3. The first-order valence-electron chi connectivity index (χ1n) is 9.19. The summed E-state index contributed by atoms with van der Waals surface area (Å²) >= 11 is 0. The monoisotopic (exact) mass is 361 g/mol. The predicted molar refractivity (Wildman–Crippen MR) is 97.8 cm³/mol. The summed E-state index contributed by atoms with van der Waals surface area (Å²) in [5.74, 6) is 1.06. The van der Waals surface area contributed by atoms with E-state index in [0.717, 1.165) is 25.9 Å². The predicted octanol–water partition coefficient (Wildman–Crippen LogP) is 2.07. The second kappa shape index (κ2) is 8.29. The highest BCUT2D eigenvalue weighted by Gasteiger charge is 2.29. The van der Waals surface area contributed by atoms with Crippen LogP contribution in [-0.2, 0) is 0 Å². The third-order valence-electron chi connectivity index (χ3n) is 5.10. The lowest BCUT2D eigenvalue weighted by Crippen LogP contribution is -2.54. The molecule has 3 amide bonds. The molecule has 0 atom stereocenters. The smallest absolute Gasteiger partial charge is 0.320 e. The van der Waals surface area contributed by atoms with E-state index in [0.29, 0.717) is 43.2 Å². The highest BCUT2D eigenvalue weighted by atomic mass is 16.5. The van der Waals surface area contributed by atoms with Gasteiger partial charge in [-0.25, -0.2) is 4.79 Å². The maximum absolute atomic E-state index is 12.9. The van der Waals surface area contributed by atoms with Crippen LogP contribution in [0.25, 0.3) is 0 Å². The molecule has 0 bridgehead atoms. The van der Waals surface area contributed by atoms with E-state index in [1.165, 1.54) is 6.42 Å². The SMILES string of the molecule is COc1ccc(OC)c(C(=O)N2CCN(C(=O)N3CCCCC3)CC2)c1. The van der Waals surface area contributed by atoms with Crippen LogP contribution in [0.1, 0.15) is 29.6 Å². The molecule has 7 nitrogen and oxygen atoms in total. The molecule has 0 spiro atoms. The molecule has 26 heavy (non-hydrogen) atoms. The van der Waals surface area contributed by atoms with Crippen LogP contribution in [0.2, 0.25) is 0 Å². The molecule has 2 heterocycles. The number of hydrogen-bond donors (Lipinski definition) is 0. The molecule has 3 rings (SSSR count). The Bertz CT molecular complexity index is 650. The quantitative estimate of drug-likeness (QED) is 0.827. The van der Waals surface area contributed by atoms with Crippen molar-refractivity contribution in [1.29, 1.82) is 0 Å². The molecule has 0 aliphatic carbocycles. The van der Waals surface area contributed by atoms with Gasteiger partial charge in [0.05, 0.1) is 19.8 Å². The van der Waals surface area contributed by atoms with Gasteiger partial charge >= 0.3 is 6.03 Å². The third kappa shape index (κ3) is 3.86. The van der Waals surface area contributed by atoms with E-state index in [-0.39, 0.29) is 11.9 Å². The van der Waals surface area contributed by atoms with Crippen LogP contribution in [0.5, 0.6) is 11.5 Å². The Morgan fingerprint density at radius 2 is 1.42 bits per heavy atom. The summed E-state index contributed by atoms with van der Waals surface area (Å²) in [4.78, 5) is 31.1. The van der Waals surface area contributed by atoms with Gasteiger partial charge in [-0.05, 0) is 37.5 Å². The number of hydrogen-bond acceptors (Lipinski definition) is 4. The number of rotatable bonds is 3. The Balaban J connectivity index is 1.62. The van der Waals surface area contributed by atoms with Crippen molar-refractivity contribution in [3.8, 4) is 11.5 Å². The van der Waals surface area contributed by atoms with Crippen LogP contribution in [0, 0.1) is 0 Å². The van der Waals surface area contributed by atoms with Crippen LogP contribution in [0.3, 0.4) is 0 Å². The minimum absolute atomic E-state index is 0.0918. The fourth-order valence-corrected chi connectivity index (χ4v) is 3.54. The van der Waals surface area contributed by atoms with Crippen LogP contribution in [0.4, 0.5) is 4.79 Å². The summed E-state index contributed by atoms with van der Waals surface area (Å²) in [5.41, 5.74) is 0.489. The second-order valence-corrected chi connectivity index (χ2v) is 6.68. The number of methoxy groups -OCH3 is 2. The van der Waals surface area contributed by atoms with Gasteiger partial charge in [-0.1, -0.05) is 0 Å². The van der Waals surface area contributed by atoms with E-state index in [1.54, 1.807) is 37.3 Å². The van der Waals surface area contributed by atoms with E-state index in [1.807, 2.05) is 9.80 Å². The molecular formula is C19H27N3O4. The number of nitrogens with zero attached hydrogens (tertiary/aromatic N) is 3. The minimum Gasteiger partial charge on any atom is -0.497 e.